The molecule has 1 aliphatic rings. The molecule has 1 aliphatic carbocycles. The van der Waals surface area contributed by atoms with E-state index < -0.39 is 0 Å². The number of anilines is 2. The summed E-state index contributed by atoms with van der Waals surface area (Å²) in [5.74, 6) is 1.26. The summed E-state index contributed by atoms with van der Waals surface area (Å²) in [6, 6.07) is 0.444. The van der Waals surface area contributed by atoms with Gasteiger partial charge in [-0.3, -0.25) is 0 Å². The van der Waals surface area contributed by atoms with Crippen LogP contribution in [0.1, 0.15) is 19.3 Å². The van der Waals surface area contributed by atoms with Crippen molar-refractivity contribution < 1.29 is 5.11 Å². The fraction of sp³-hybridized carbons (Fsp3) is 0.636. The van der Waals surface area contributed by atoms with Crippen LogP contribution >= 0.6 is 11.6 Å². The number of nitrogens with zero attached hydrogens (tertiary/aromatic N) is 3. The van der Waals surface area contributed by atoms with Gasteiger partial charge in [-0.1, -0.05) is 11.6 Å². The van der Waals surface area contributed by atoms with E-state index >= 15 is 0 Å². The summed E-state index contributed by atoms with van der Waals surface area (Å²) in [5, 5.41) is 12.6. The Balaban J connectivity index is 2.26. The van der Waals surface area contributed by atoms with Gasteiger partial charge in [-0.15, -0.1) is 0 Å². The van der Waals surface area contributed by atoms with Crippen LogP contribution in [0.15, 0.2) is 6.20 Å². The second-order valence-corrected chi connectivity index (χ2v) is 4.52. The predicted octanol–water partition coefficient (Wildman–Crippen LogP) is 1.52. The second kappa shape index (κ2) is 5.51. The second-order valence-electron chi connectivity index (χ2n) is 4.12. The monoisotopic (exact) mass is 256 g/mol. The fourth-order valence-electron chi connectivity index (χ4n) is 1.95. The van der Waals surface area contributed by atoms with E-state index in [9.17, 15) is 0 Å². The highest BCUT2D eigenvalue weighted by Crippen LogP contribution is 2.32. The fourth-order valence-corrected chi connectivity index (χ4v) is 2.15. The molecule has 0 spiro atoms. The summed E-state index contributed by atoms with van der Waals surface area (Å²) in [5.41, 5.74) is 0. The highest BCUT2D eigenvalue weighted by molar-refractivity contribution is 6.32. The van der Waals surface area contributed by atoms with Gasteiger partial charge in [0.05, 0.1) is 12.8 Å². The van der Waals surface area contributed by atoms with E-state index in [4.69, 9.17) is 16.7 Å². The van der Waals surface area contributed by atoms with Gasteiger partial charge in [0.2, 0.25) is 5.95 Å². The molecule has 1 heterocycles. The lowest BCUT2D eigenvalue weighted by Gasteiger charge is -2.38. The van der Waals surface area contributed by atoms with E-state index in [1.165, 1.54) is 6.42 Å². The number of rotatable bonds is 5. The van der Waals surface area contributed by atoms with Crippen LogP contribution < -0.4 is 10.2 Å². The lowest BCUT2D eigenvalue weighted by Crippen LogP contribution is -2.42. The van der Waals surface area contributed by atoms with Crippen LogP contribution in [0.3, 0.4) is 0 Å². The summed E-state index contributed by atoms with van der Waals surface area (Å²) < 4.78 is 0. The zero-order valence-corrected chi connectivity index (χ0v) is 10.6. The van der Waals surface area contributed by atoms with E-state index in [2.05, 4.69) is 20.2 Å². The van der Waals surface area contributed by atoms with Crippen LogP contribution in [-0.2, 0) is 0 Å². The summed E-state index contributed by atoms with van der Waals surface area (Å²) in [6.45, 7) is 0.663. The van der Waals surface area contributed by atoms with E-state index in [1.54, 1.807) is 13.2 Å². The number of halogens is 1. The van der Waals surface area contributed by atoms with Crippen molar-refractivity contribution >= 4 is 23.4 Å². The smallest absolute Gasteiger partial charge is 0.224 e. The first-order chi connectivity index (χ1) is 8.26. The van der Waals surface area contributed by atoms with E-state index in [0.717, 1.165) is 12.8 Å². The number of aliphatic hydroxyl groups is 1. The topological polar surface area (TPSA) is 61.3 Å². The van der Waals surface area contributed by atoms with Gasteiger partial charge in [-0.05, 0) is 19.3 Å². The standard InChI is InChI=1S/C11H17ClN4O/c1-13-11-14-7-9(12)10(15-11)16(5-6-17)8-3-2-4-8/h7-8,17H,2-6H2,1H3,(H,13,14,15). The van der Waals surface area contributed by atoms with Crippen molar-refractivity contribution in [2.24, 2.45) is 0 Å². The SMILES string of the molecule is CNc1ncc(Cl)c(N(CCO)C2CCC2)n1. The van der Waals surface area contributed by atoms with Gasteiger partial charge in [0.15, 0.2) is 5.82 Å². The third kappa shape index (κ3) is 2.61. The minimum atomic E-state index is 0.103. The average molecular weight is 257 g/mol. The van der Waals surface area contributed by atoms with E-state index in [0.29, 0.717) is 29.4 Å². The Labute approximate surface area is 106 Å². The summed E-state index contributed by atoms with van der Waals surface area (Å²) >= 11 is 6.13. The van der Waals surface area contributed by atoms with Crippen molar-refractivity contribution in [1.82, 2.24) is 9.97 Å². The zero-order chi connectivity index (χ0) is 12.3. The maximum atomic E-state index is 9.14. The lowest BCUT2D eigenvalue weighted by molar-refractivity contribution is 0.283. The molecule has 0 saturated heterocycles. The average Bonchev–Trinajstić information content (AvgIpc) is 2.27. The predicted molar refractivity (Wildman–Crippen MR) is 68.7 cm³/mol. The van der Waals surface area contributed by atoms with Crippen LogP contribution in [0.2, 0.25) is 5.02 Å². The van der Waals surface area contributed by atoms with Gasteiger partial charge < -0.3 is 15.3 Å². The molecule has 0 amide bonds. The molecule has 0 unspecified atom stereocenters. The van der Waals surface area contributed by atoms with Crippen molar-refractivity contribution in [1.29, 1.82) is 0 Å². The van der Waals surface area contributed by atoms with E-state index in [-0.39, 0.29) is 6.61 Å². The van der Waals surface area contributed by atoms with Crippen LogP contribution in [-0.4, -0.2) is 41.3 Å². The Hall–Kier alpha value is -1.07. The molecule has 6 heteroatoms. The molecule has 2 N–H and O–H groups in total. The highest BCUT2D eigenvalue weighted by atomic mass is 35.5. The largest absolute Gasteiger partial charge is 0.395 e. The van der Waals surface area contributed by atoms with Gasteiger partial charge >= 0.3 is 0 Å². The molecule has 1 aromatic rings. The quantitative estimate of drug-likeness (QED) is 0.837. The summed E-state index contributed by atoms with van der Waals surface area (Å²) in [6.07, 6.45) is 5.09. The maximum absolute atomic E-state index is 9.14. The first-order valence-electron chi connectivity index (χ1n) is 5.84. The van der Waals surface area contributed by atoms with Crippen LogP contribution in [0.4, 0.5) is 11.8 Å². The van der Waals surface area contributed by atoms with Gasteiger partial charge in [-0.2, -0.15) is 4.98 Å². The highest BCUT2D eigenvalue weighted by Gasteiger charge is 2.27. The van der Waals surface area contributed by atoms with Gasteiger partial charge in [0.25, 0.3) is 0 Å². The first kappa shape index (κ1) is 12.4. The molecule has 0 aliphatic heterocycles. The van der Waals surface area contributed by atoms with E-state index in [1.807, 2.05) is 0 Å². The molecule has 0 atom stereocenters. The number of hydrogen-bond acceptors (Lipinski definition) is 5. The van der Waals surface area contributed by atoms with Crippen molar-refractivity contribution in [3.63, 3.8) is 0 Å². The van der Waals surface area contributed by atoms with Crippen LogP contribution in [0.5, 0.6) is 0 Å². The van der Waals surface area contributed by atoms with Crippen LogP contribution in [0.25, 0.3) is 0 Å². The Morgan fingerprint density at radius 1 is 1.59 bits per heavy atom. The summed E-state index contributed by atoms with van der Waals surface area (Å²) in [7, 11) is 1.77. The molecule has 94 valence electrons. The molecule has 1 fully saturated rings. The Morgan fingerprint density at radius 3 is 2.88 bits per heavy atom. The third-order valence-electron chi connectivity index (χ3n) is 3.08. The third-order valence-corrected chi connectivity index (χ3v) is 3.34. The molecule has 2 rings (SSSR count). The molecule has 0 aromatic carbocycles. The molecule has 1 saturated carbocycles. The lowest BCUT2D eigenvalue weighted by atomic mass is 9.91. The number of aromatic nitrogens is 2. The van der Waals surface area contributed by atoms with Crippen molar-refractivity contribution in [2.75, 3.05) is 30.4 Å². The van der Waals surface area contributed by atoms with Crippen LogP contribution in [0, 0.1) is 0 Å². The molecule has 0 radical (unpaired) electrons. The van der Waals surface area contributed by atoms with Gasteiger partial charge in [0, 0.05) is 19.6 Å². The Kier molecular flexibility index (Phi) is 4.02. The van der Waals surface area contributed by atoms with Gasteiger partial charge in [0.1, 0.15) is 5.02 Å². The minimum absolute atomic E-state index is 0.103. The molecule has 1 aromatic heterocycles. The van der Waals surface area contributed by atoms with Crippen molar-refractivity contribution in [3.8, 4) is 0 Å². The van der Waals surface area contributed by atoms with Crippen molar-refractivity contribution in [3.05, 3.63) is 11.2 Å². The molecular formula is C11H17ClN4O. The Morgan fingerprint density at radius 2 is 2.35 bits per heavy atom. The van der Waals surface area contributed by atoms with Gasteiger partial charge in [-0.25, -0.2) is 4.98 Å². The molecule has 17 heavy (non-hydrogen) atoms. The zero-order valence-electron chi connectivity index (χ0n) is 9.86. The maximum Gasteiger partial charge on any atom is 0.224 e. The van der Waals surface area contributed by atoms with Crippen molar-refractivity contribution in [2.45, 2.75) is 25.3 Å². The number of nitrogens with one attached hydrogen (secondary N) is 1. The minimum Gasteiger partial charge on any atom is -0.395 e. The molecular weight excluding hydrogens is 240 g/mol. The summed E-state index contributed by atoms with van der Waals surface area (Å²) in [4.78, 5) is 10.5. The normalized spacial score (nSPS) is 15.5. The molecule has 5 nitrogen and oxygen atoms in total. The first-order valence-corrected chi connectivity index (χ1v) is 6.22. The number of aliphatic hydroxyl groups excluding tert-OH is 1. The Bertz CT molecular complexity index is 384. The molecule has 0 bridgehead atoms. The number of hydrogen-bond donors (Lipinski definition) is 2.